The molecule has 86 valence electrons. The smallest absolute Gasteiger partial charge is 0.282 e. The fourth-order valence-corrected chi connectivity index (χ4v) is 2.08. The van der Waals surface area contributed by atoms with E-state index in [1.54, 1.807) is 0 Å². The molecular weight excluding hydrogens is 200 g/mol. The molecule has 1 unspecified atom stereocenters. The van der Waals surface area contributed by atoms with Crippen molar-refractivity contribution in [1.82, 2.24) is 0 Å². The number of amidine groups is 1. The van der Waals surface area contributed by atoms with Gasteiger partial charge in [0.25, 0.3) is 6.02 Å². The number of benzene rings is 1. The fourth-order valence-electron chi connectivity index (χ4n) is 2.08. The van der Waals surface area contributed by atoms with Gasteiger partial charge in [-0.05, 0) is 24.8 Å². The number of rotatable bonds is 4. The minimum atomic E-state index is 0.170. The van der Waals surface area contributed by atoms with Crippen LogP contribution in [0.5, 0.6) is 0 Å². The van der Waals surface area contributed by atoms with Gasteiger partial charge in [-0.25, -0.2) is 4.99 Å². The summed E-state index contributed by atoms with van der Waals surface area (Å²) in [5, 5.41) is 0. The second kappa shape index (κ2) is 5.01. The van der Waals surface area contributed by atoms with Crippen LogP contribution in [0.15, 0.2) is 35.3 Å². The molecule has 0 saturated heterocycles. The molecule has 0 saturated carbocycles. The van der Waals surface area contributed by atoms with Gasteiger partial charge in [0.2, 0.25) is 0 Å². The maximum Gasteiger partial charge on any atom is 0.282 e. The SMILES string of the molecule is CCC1OC(N)=N[C@H]1CCc1ccccc1. The van der Waals surface area contributed by atoms with E-state index in [1.165, 1.54) is 5.56 Å². The first-order valence-corrected chi connectivity index (χ1v) is 5.83. The van der Waals surface area contributed by atoms with Gasteiger partial charge in [0.05, 0.1) is 6.04 Å². The van der Waals surface area contributed by atoms with Gasteiger partial charge in [-0.15, -0.1) is 0 Å². The average Bonchev–Trinajstić information content (AvgIpc) is 2.68. The molecule has 0 fully saturated rings. The van der Waals surface area contributed by atoms with Crippen molar-refractivity contribution in [2.45, 2.75) is 38.3 Å². The normalized spacial score (nSPS) is 23.9. The number of nitrogens with zero attached hydrogens (tertiary/aromatic N) is 1. The van der Waals surface area contributed by atoms with E-state index in [9.17, 15) is 0 Å². The highest BCUT2D eigenvalue weighted by Gasteiger charge is 2.27. The second-order valence-corrected chi connectivity index (χ2v) is 4.12. The zero-order valence-electron chi connectivity index (χ0n) is 9.60. The molecule has 2 rings (SSSR count). The standard InChI is InChI=1S/C13H18N2O/c1-2-12-11(15-13(14)16-12)9-8-10-6-4-3-5-7-10/h3-7,11-12H,2,8-9H2,1H3,(H2,14,15)/t11-,12?/m0/s1. The summed E-state index contributed by atoms with van der Waals surface area (Å²) in [5.41, 5.74) is 6.93. The van der Waals surface area contributed by atoms with Crippen LogP contribution in [0.1, 0.15) is 25.3 Å². The monoisotopic (exact) mass is 218 g/mol. The van der Waals surface area contributed by atoms with E-state index in [0.29, 0.717) is 6.02 Å². The Labute approximate surface area is 96.3 Å². The lowest BCUT2D eigenvalue weighted by atomic mass is 10.0. The summed E-state index contributed by atoms with van der Waals surface area (Å²) in [6.45, 7) is 2.11. The fraction of sp³-hybridized carbons (Fsp3) is 0.462. The van der Waals surface area contributed by atoms with Crippen LogP contribution in [-0.4, -0.2) is 18.2 Å². The first kappa shape index (κ1) is 11.0. The van der Waals surface area contributed by atoms with Gasteiger partial charge in [0, 0.05) is 0 Å². The summed E-state index contributed by atoms with van der Waals surface area (Å²) in [6.07, 6.45) is 3.17. The van der Waals surface area contributed by atoms with Crippen molar-refractivity contribution in [1.29, 1.82) is 0 Å². The number of hydrogen-bond donors (Lipinski definition) is 1. The molecule has 0 aliphatic carbocycles. The Hall–Kier alpha value is -1.51. The molecule has 1 heterocycles. The van der Waals surface area contributed by atoms with E-state index in [1.807, 2.05) is 6.07 Å². The van der Waals surface area contributed by atoms with Gasteiger partial charge in [0.15, 0.2) is 0 Å². The lowest BCUT2D eigenvalue weighted by Gasteiger charge is -2.14. The Bertz CT molecular complexity index is 361. The van der Waals surface area contributed by atoms with Gasteiger partial charge in [-0.3, -0.25) is 0 Å². The quantitative estimate of drug-likeness (QED) is 0.841. The molecule has 1 aliphatic heterocycles. The first-order chi connectivity index (χ1) is 7.79. The van der Waals surface area contributed by atoms with Crippen LogP contribution < -0.4 is 5.73 Å². The van der Waals surface area contributed by atoms with Crippen molar-refractivity contribution in [2.24, 2.45) is 10.7 Å². The Morgan fingerprint density at radius 3 is 2.75 bits per heavy atom. The summed E-state index contributed by atoms with van der Waals surface area (Å²) < 4.78 is 5.44. The third-order valence-corrected chi connectivity index (χ3v) is 2.97. The molecule has 0 aromatic heterocycles. The minimum Gasteiger partial charge on any atom is -0.460 e. The van der Waals surface area contributed by atoms with Crippen molar-refractivity contribution >= 4 is 6.02 Å². The molecule has 3 heteroatoms. The first-order valence-electron chi connectivity index (χ1n) is 5.83. The summed E-state index contributed by atoms with van der Waals surface area (Å²) in [4.78, 5) is 4.33. The van der Waals surface area contributed by atoms with E-state index < -0.39 is 0 Å². The average molecular weight is 218 g/mol. The Morgan fingerprint density at radius 1 is 1.31 bits per heavy atom. The van der Waals surface area contributed by atoms with Gasteiger partial charge < -0.3 is 10.5 Å². The van der Waals surface area contributed by atoms with Crippen LogP contribution in [0.3, 0.4) is 0 Å². The number of nitrogens with two attached hydrogens (primary N) is 1. The Morgan fingerprint density at radius 2 is 2.06 bits per heavy atom. The molecule has 3 nitrogen and oxygen atoms in total. The van der Waals surface area contributed by atoms with Crippen LogP contribution in [0.2, 0.25) is 0 Å². The van der Waals surface area contributed by atoms with E-state index in [2.05, 4.69) is 36.2 Å². The van der Waals surface area contributed by atoms with Gasteiger partial charge in [-0.1, -0.05) is 37.3 Å². The second-order valence-electron chi connectivity index (χ2n) is 4.12. The third kappa shape index (κ3) is 2.54. The highest BCUT2D eigenvalue weighted by Crippen LogP contribution is 2.19. The van der Waals surface area contributed by atoms with Crippen molar-refractivity contribution in [3.05, 3.63) is 35.9 Å². The van der Waals surface area contributed by atoms with E-state index >= 15 is 0 Å². The lowest BCUT2D eigenvalue weighted by molar-refractivity contribution is 0.181. The topological polar surface area (TPSA) is 47.6 Å². The molecule has 0 radical (unpaired) electrons. The van der Waals surface area contributed by atoms with Gasteiger partial charge in [0.1, 0.15) is 6.10 Å². The van der Waals surface area contributed by atoms with Crippen molar-refractivity contribution in [3.63, 3.8) is 0 Å². The van der Waals surface area contributed by atoms with Gasteiger partial charge in [-0.2, -0.15) is 0 Å². The molecule has 16 heavy (non-hydrogen) atoms. The summed E-state index contributed by atoms with van der Waals surface area (Å²) in [7, 11) is 0. The predicted octanol–water partition coefficient (Wildman–Crippen LogP) is 2.11. The number of aliphatic imine (C=N–C) groups is 1. The van der Waals surface area contributed by atoms with Crippen LogP contribution >= 0.6 is 0 Å². The highest BCUT2D eigenvalue weighted by molar-refractivity contribution is 5.73. The van der Waals surface area contributed by atoms with E-state index in [4.69, 9.17) is 10.5 Å². The number of aryl methyl sites for hydroxylation is 1. The molecule has 0 spiro atoms. The summed E-state index contributed by atoms with van der Waals surface area (Å²) in [5.74, 6) is 0. The zero-order chi connectivity index (χ0) is 11.4. The Balaban J connectivity index is 1.90. The maximum absolute atomic E-state index is 5.59. The van der Waals surface area contributed by atoms with Crippen molar-refractivity contribution < 1.29 is 4.74 Å². The minimum absolute atomic E-state index is 0.170. The molecule has 2 N–H and O–H groups in total. The predicted molar refractivity (Wildman–Crippen MR) is 65.3 cm³/mol. The van der Waals surface area contributed by atoms with Crippen LogP contribution in [0, 0.1) is 0 Å². The molecular formula is C13H18N2O. The van der Waals surface area contributed by atoms with Crippen LogP contribution in [-0.2, 0) is 11.2 Å². The Kier molecular flexibility index (Phi) is 3.44. The van der Waals surface area contributed by atoms with E-state index in [0.717, 1.165) is 19.3 Å². The zero-order valence-corrected chi connectivity index (χ0v) is 9.60. The molecule has 1 aromatic rings. The summed E-state index contributed by atoms with van der Waals surface area (Å²) >= 11 is 0. The van der Waals surface area contributed by atoms with Crippen molar-refractivity contribution in [2.75, 3.05) is 0 Å². The maximum atomic E-state index is 5.59. The van der Waals surface area contributed by atoms with Crippen molar-refractivity contribution in [3.8, 4) is 0 Å². The summed E-state index contributed by atoms with van der Waals surface area (Å²) in [6, 6.07) is 11.0. The van der Waals surface area contributed by atoms with E-state index in [-0.39, 0.29) is 12.1 Å². The lowest BCUT2D eigenvalue weighted by Crippen LogP contribution is -2.23. The van der Waals surface area contributed by atoms with Gasteiger partial charge >= 0.3 is 0 Å². The highest BCUT2D eigenvalue weighted by atomic mass is 16.5. The molecule has 2 atom stereocenters. The molecule has 1 aromatic carbocycles. The molecule has 1 aliphatic rings. The largest absolute Gasteiger partial charge is 0.460 e. The van der Waals surface area contributed by atoms with Crippen LogP contribution in [0.4, 0.5) is 0 Å². The molecule has 0 bridgehead atoms. The number of hydrogen-bond acceptors (Lipinski definition) is 3. The molecule has 0 amide bonds. The number of ether oxygens (including phenoxy) is 1. The third-order valence-electron chi connectivity index (χ3n) is 2.97. The van der Waals surface area contributed by atoms with Crippen LogP contribution in [0.25, 0.3) is 0 Å².